The summed E-state index contributed by atoms with van der Waals surface area (Å²) in [5, 5.41) is 2.69. The number of imidazole rings is 1. The predicted molar refractivity (Wildman–Crippen MR) is 73.2 cm³/mol. The Hall–Kier alpha value is -2.69. The average Bonchev–Trinajstić information content (AvgIpc) is 2.92. The molecule has 0 aliphatic rings. The van der Waals surface area contributed by atoms with Gasteiger partial charge in [-0.05, 0) is 24.3 Å². The second-order valence-electron chi connectivity index (χ2n) is 4.18. The largest absolute Gasteiger partial charge is 0.320 e. The van der Waals surface area contributed by atoms with Gasteiger partial charge in [-0.25, -0.2) is 13.8 Å². The molecule has 1 heterocycles. The van der Waals surface area contributed by atoms with Crippen LogP contribution in [0.1, 0.15) is 0 Å². The molecule has 0 aliphatic carbocycles. The summed E-state index contributed by atoms with van der Waals surface area (Å²) in [5.74, 6) is -0.972. The van der Waals surface area contributed by atoms with Crippen LogP contribution in [0.2, 0.25) is 0 Å². The van der Waals surface area contributed by atoms with Crippen molar-refractivity contribution in [1.82, 2.24) is 9.55 Å². The maximum absolute atomic E-state index is 13.6. The molecule has 0 saturated heterocycles. The highest BCUT2D eigenvalue weighted by Gasteiger charge is 2.12. The molecule has 1 N–H and O–H groups in total. The second kappa shape index (κ2) is 5.13. The zero-order valence-corrected chi connectivity index (χ0v) is 10.4. The van der Waals surface area contributed by atoms with Gasteiger partial charge in [0.25, 0.3) is 0 Å². The Labute approximate surface area is 114 Å². The van der Waals surface area contributed by atoms with E-state index in [1.54, 1.807) is 17.0 Å². The molecule has 0 unspecified atom stereocenters. The fourth-order valence-electron chi connectivity index (χ4n) is 1.92. The van der Waals surface area contributed by atoms with E-state index in [2.05, 4.69) is 10.3 Å². The summed E-state index contributed by atoms with van der Waals surface area (Å²) in [6.07, 6.45) is 3.28. The maximum Gasteiger partial charge on any atom is 0.212 e. The number of halogens is 2. The highest BCUT2D eigenvalue weighted by molar-refractivity contribution is 5.57. The van der Waals surface area contributed by atoms with Crippen LogP contribution in [0.15, 0.2) is 60.9 Å². The normalized spacial score (nSPS) is 10.5. The Balaban J connectivity index is 1.99. The van der Waals surface area contributed by atoms with E-state index in [4.69, 9.17) is 0 Å². The summed E-state index contributed by atoms with van der Waals surface area (Å²) < 4.78 is 29.0. The molecule has 0 radical (unpaired) electrons. The van der Waals surface area contributed by atoms with Gasteiger partial charge in [0.15, 0.2) is 0 Å². The first-order valence-corrected chi connectivity index (χ1v) is 6.05. The minimum Gasteiger partial charge on any atom is -0.320 e. The Morgan fingerprint density at radius 3 is 2.30 bits per heavy atom. The van der Waals surface area contributed by atoms with Crippen LogP contribution in [0, 0.1) is 11.6 Å². The summed E-state index contributed by atoms with van der Waals surface area (Å²) in [6, 6.07) is 13.1. The van der Waals surface area contributed by atoms with Crippen molar-refractivity contribution in [3.8, 4) is 5.69 Å². The molecule has 2 aromatic carbocycles. The van der Waals surface area contributed by atoms with Crippen LogP contribution in [0.5, 0.6) is 0 Å². The highest BCUT2D eigenvalue weighted by atomic mass is 19.1. The molecule has 5 heteroatoms. The molecule has 0 saturated carbocycles. The molecule has 0 bridgehead atoms. The van der Waals surface area contributed by atoms with Crippen LogP contribution in [-0.2, 0) is 0 Å². The van der Waals surface area contributed by atoms with Crippen molar-refractivity contribution in [3.05, 3.63) is 72.6 Å². The van der Waals surface area contributed by atoms with Gasteiger partial charge in [0.2, 0.25) is 5.95 Å². The molecule has 0 amide bonds. The lowest BCUT2D eigenvalue weighted by molar-refractivity contribution is 0.590. The summed E-state index contributed by atoms with van der Waals surface area (Å²) in [7, 11) is 0. The quantitative estimate of drug-likeness (QED) is 0.783. The van der Waals surface area contributed by atoms with Crippen molar-refractivity contribution in [2.45, 2.75) is 0 Å². The van der Waals surface area contributed by atoms with Gasteiger partial charge in [0, 0.05) is 18.1 Å². The highest BCUT2D eigenvalue weighted by Crippen LogP contribution is 2.23. The van der Waals surface area contributed by atoms with Crippen LogP contribution >= 0.6 is 0 Å². The number of nitrogens with one attached hydrogen (secondary N) is 1. The van der Waals surface area contributed by atoms with Crippen molar-refractivity contribution in [3.63, 3.8) is 0 Å². The van der Waals surface area contributed by atoms with E-state index in [-0.39, 0.29) is 5.69 Å². The summed E-state index contributed by atoms with van der Waals surface area (Å²) in [4.78, 5) is 4.09. The maximum atomic E-state index is 13.6. The Morgan fingerprint density at radius 2 is 1.60 bits per heavy atom. The average molecular weight is 271 g/mol. The minimum atomic E-state index is -0.660. The van der Waals surface area contributed by atoms with Gasteiger partial charge in [-0.1, -0.05) is 24.3 Å². The monoisotopic (exact) mass is 271 g/mol. The topological polar surface area (TPSA) is 29.9 Å². The van der Waals surface area contributed by atoms with Gasteiger partial charge in [0.1, 0.15) is 17.3 Å². The molecule has 0 spiro atoms. The number of nitrogens with zero attached hydrogens (tertiary/aromatic N) is 2. The third-order valence-electron chi connectivity index (χ3n) is 2.87. The van der Waals surface area contributed by atoms with Crippen LogP contribution in [0.4, 0.5) is 20.4 Å². The molecule has 100 valence electrons. The number of rotatable bonds is 3. The zero-order chi connectivity index (χ0) is 13.9. The molecule has 0 fully saturated rings. The van der Waals surface area contributed by atoms with Crippen LogP contribution < -0.4 is 5.32 Å². The van der Waals surface area contributed by atoms with Gasteiger partial charge in [-0.2, -0.15) is 0 Å². The summed E-state index contributed by atoms with van der Waals surface area (Å²) >= 11 is 0. The standard InChI is InChI=1S/C15H11F2N3/c16-12-7-4-8-13(17)14(12)19-15-18-9-10-20(15)11-5-2-1-3-6-11/h1-10H,(H,18,19). The Morgan fingerprint density at radius 1 is 0.900 bits per heavy atom. The first kappa shape index (κ1) is 12.3. The lowest BCUT2D eigenvalue weighted by atomic mass is 10.3. The molecular formula is C15H11F2N3. The SMILES string of the molecule is Fc1cccc(F)c1Nc1nccn1-c1ccccc1. The van der Waals surface area contributed by atoms with E-state index in [1.165, 1.54) is 18.2 Å². The third-order valence-corrected chi connectivity index (χ3v) is 2.87. The number of aromatic nitrogens is 2. The van der Waals surface area contributed by atoms with Gasteiger partial charge in [-0.3, -0.25) is 4.57 Å². The number of hydrogen-bond acceptors (Lipinski definition) is 2. The van der Waals surface area contributed by atoms with Gasteiger partial charge in [-0.15, -0.1) is 0 Å². The minimum absolute atomic E-state index is 0.212. The molecule has 1 aromatic heterocycles. The molecule has 20 heavy (non-hydrogen) atoms. The lowest BCUT2D eigenvalue weighted by Gasteiger charge is -2.11. The lowest BCUT2D eigenvalue weighted by Crippen LogP contribution is -2.04. The third kappa shape index (κ3) is 2.25. The van der Waals surface area contributed by atoms with Crippen LogP contribution in [-0.4, -0.2) is 9.55 Å². The van der Waals surface area contributed by atoms with Crippen molar-refractivity contribution >= 4 is 11.6 Å². The first-order valence-electron chi connectivity index (χ1n) is 6.05. The molecule has 3 rings (SSSR count). The fraction of sp³-hybridized carbons (Fsp3) is 0. The number of benzene rings is 2. The van der Waals surface area contributed by atoms with Gasteiger partial charge >= 0.3 is 0 Å². The van der Waals surface area contributed by atoms with Crippen LogP contribution in [0.3, 0.4) is 0 Å². The number of para-hydroxylation sites is 2. The van der Waals surface area contributed by atoms with Crippen molar-refractivity contribution in [1.29, 1.82) is 0 Å². The van der Waals surface area contributed by atoms with E-state index >= 15 is 0 Å². The van der Waals surface area contributed by atoms with Crippen molar-refractivity contribution in [2.75, 3.05) is 5.32 Å². The van der Waals surface area contributed by atoms with Gasteiger partial charge in [0.05, 0.1) is 0 Å². The Bertz CT molecular complexity index is 703. The van der Waals surface area contributed by atoms with Crippen LogP contribution in [0.25, 0.3) is 5.69 Å². The smallest absolute Gasteiger partial charge is 0.212 e. The first-order chi connectivity index (χ1) is 9.75. The predicted octanol–water partition coefficient (Wildman–Crippen LogP) is 3.89. The molecule has 0 aliphatic heterocycles. The van der Waals surface area contributed by atoms with Gasteiger partial charge < -0.3 is 5.32 Å². The molecule has 0 atom stereocenters. The molecular weight excluding hydrogens is 260 g/mol. The van der Waals surface area contributed by atoms with E-state index in [9.17, 15) is 8.78 Å². The van der Waals surface area contributed by atoms with E-state index in [1.807, 2.05) is 30.3 Å². The fourth-order valence-corrected chi connectivity index (χ4v) is 1.92. The second-order valence-corrected chi connectivity index (χ2v) is 4.18. The number of hydrogen-bond donors (Lipinski definition) is 1. The van der Waals surface area contributed by atoms with E-state index < -0.39 is 11.6 Å². The molecule has 3 aromatic rings. The summed E-state index contributed by atoms with van der Waals surface area (Å²) in [5.41, 5.74) is 0.639. The molecule has 3 nitrogen and oxygen atoms in total. The van der Waals surface area contributed by atoms with Crippen molar-refractivity contribution in [2.24, 2.45) is 0 Å². The summed E-state index contributed by atoms with van der Waals surface area (Å²) in [6.45, 7) is 0. The van der Waals surface area contributed by atoms with E-state index in [0.29, 0.717) is 5.95 Å². The van der Waals surface area contributed by atoms with Crippen molar-refractivity contribution < 1.29 is 8.78 Å². The zero-order valence-electron chi connectivity index (χ0n) is 10.4. The number of anilines is 2. The Kier molecular flexibility index (Phi) is 3.16. The van der Waals surface area contributed by atoms with E-state index in [0.717, 1.165) is 5.69 Å².